The van der Waals surface area contributed by atoms with Crippen LogP contribution in [0, 0.1) is 6.92 Å². The van der Waals surface area contributed by atoms with Gasteiger partial charge in [0.15, 0.2) is 0 Å². The molecule has 0 spiro atoms. The number of aliphatic hydroxyl groups excluding tert-OH is 1. The van der Waals surface area contributed by atoms with E-state index in [1.165, 1.54) is 11.0 Å². The van der Waals surface area contributed by atoms with E-state index in [0.29, 0.717) is 5.69 Å². The number of nitrogens with zero attached hydrogens (tertiary/aromatic N) is 3. The highest BCUT2D eigenvalue weighted by Gasteiger charge is 2.14. The molecule has 1 heterocycles. The minimum Gasteiger partial charge on any atom is -0.497 e. The molecule has 0 radical (unpaired) electrons. The molecule has 1 atom stereocenters. The van der Waals surface area contributed by atoms with Crippen molar-refractivity contribution in [3.05, 3.63) is 71.8 Å². The van der Waals surface area contributed by atoms with Gasteiger partial charge in [-0.25, -0.2) is 9.67 Å². The molecule has 26 heavy (non-hydrogen) atoms. The summed E-state index contributed by atoms with van der Waals surface area (Å²) in [6.07, 6.45) is 0.660. The predicted octanol–water partition coefficient (Wildman–Crippen LogP) is 2.58. The van der Waals surface area contributed by atoms with Gasteiger partial charge in [0.2, 0.25) is 5.82 Å². The summed E-state index contributed by atoms with van der Waals surface area (Å²) in [5, 5.41) is 17.2. The number of methoxy groups -OCH3 is 1. The molecule has 1 amide bonds. The van der Waals surface area contributed by atoms with Gasteiger partial charge in [-0.2, -0.15) is 0 Å². The van der Waals surface area contributed by atoms with Gasteiger partial charge >= 0.3 is 0 Å². The number of nitrogens with one attached hydrogen (secondary N) is 1. The van der Waals surface area contributed by atoms with E-state index in [0.717, 1.165) is 16.9 Å². The average Bonchev–Trinajstić information content (AvgIpc) is 3.10. The van der Waals surface area contributed by atoms with E-state index in [2.05, 4.69) is 15.4 Å². The van der Waals surface area contributed by atoms with Crippen molar-refractivity contribution in [2.24, 2.45) is 0 Å². The van der Waals surface area contributed by atoms with Crippen LogP contribution >= 0.6 is 0 Å². The third kappa shape index (κ3) is 4.25. The highest BCUT2D eigenvalue weighted by Crippen LogP contribution is 2.18. The molecule has 0 bridgehead atoms. The van der Waals surface area contributed by atoms with Crippen molar-refractivity contribution in [2.45, 2.75) is 19.6 Å². The highest BCUT2D eigenvalue weighted by atomic mass is 16.5. The number of aryl methyl sites for hydroxylation is 1. The van der Waals surface area contributed by atoms with Crippen LogP contribution in [-0.4, -0.2) is 32.9 Å². The van der Waals surface area contributed by atoms with Crippen molar-refractivity contribution in [3.63, 3.8) is 0 Å². The van der Waals surface area contributed by atoms with Crippen LogP contribution < -0.4 is 10.1 Å². The summed E-state index contributed by atoms with van der Waals surface area (Å²) in [6, 6.07) is 14.6. The van der Waals surface area contributed by atoms with E-state index in [9.17, 15) is 9.90 Å². The first-order valence-electron chi connectivity index (χ1n) is 8.14. The summed E-state index contributed by atoms with van der Waals surface area (Å²) in [5.41, 5.74) is 2.46. The molecule has 2 N–H and O–H groups in total. The van der Waals surface area contributed by atoms with E-state index < -0.39 is 12.0 Å². The van der Waals surface area contributed by atoms with Crippen molar-refractivity contribution < 1.29 is 14.6 Å². The number of carbonyl (C=O) groups is 1. The number of amides is 1. The first kappa shape index (κ1) is 17.6. The van der Waals surface area contributed by atoms with Gasteiger partial charge in [0.25, 0.3) is 5.91 Å². The Hall–Kier alpha value is -3.19. The fourth-order valence-electron chi connectivity index (χ4n) is 2.51. The lowest BCUT2D eigenvalue weighted by Crippen LogP contribution is -2.15. The normalized spacial score (nSPS) is 11.8. The lowest BCUT2D eigenvalue weighted by Gasteiger charge is -2.11. The first-order valence-corrected chi connectivity index (χ1v) is 8.14. The quantitative estimate of drug-likeness (QED) is 0.712. The van der Waals surface area contributed by atoms with Crippen molar-refractivity contribution in [3.8, 4) is 5.75 Å². The lowest BCUT2D eigenvalue weighted by atomic mass is 10.1. The van der Waals surface area contributed by atoms with Crippen LogP contribution in [0.15, 0.2) is 54.9 Å². The number of anilines is 1. The second-order valence-electron chi connectivity index (χ2n) is 5.90. The number of hydrogen-bond donors (Lipinski definition) is 2. The maximum Gasteiger partial charge on any atom is 0.295 e. The van der Waals surface area contributed by atoms with Crippen LogP contribution in [-0.2, 0) is 6.54 Å². The molecule has 0 saturated heterocycles. The minimum absolute atomic E-state index is 0.0495. The van der Waals surface area contributed by atoms with E-state index in [-0.39, 0.29) is 12.4 Å². The topological polar surface area (TPSA) is 89.3 Å². The Morgan fingerprint density at radius 1 is 1.27 bits per heavy atom. The highest BCUT2D eigenvalue weighted by molar-refractivity contribution is 6.01. The van der Waals surface area contributed by atoms with E-state index in [4.69, 9.17) is 4.74 Å². The predicted molar refractivity (Wildman–Crippen MR) is 97.1 cm³/mol. The number of ether oxygens (including phenoxy) is 1. The lowest BCUT2D eigenvalue weighted by molar-refractivity contribution is 0.101. The molecule has 0 fully saturated rings. The molecule has 0 aliphatic rings. The molecular formula is C19H20N4O3. The zero-order valence-electron chi connectivity index (χ0n) is 14.6. The second-order valence-corrected chi connectivity index (χ2v) is 5.90. The Labute approximate surface area is 151 Å². The van der Waals surface area contributed by atoms with Crippen LogP contribution in [0.25, 0.3) is 0 Å². The van der Waals surface area contributed by atoms with Gasteiger partial charge in [-0.15, -0.1) is 5.10 Å². The van der Waals surface area contributed by atoms with Crippen LogP contribution in [0.1, 0.15) is 27.8 Å². The summed E-state index contributed by atoms with van der Waals surface area (Å²) in [5.74, 6) is 0.374. The van der Waals surface area contributed by atoms with Crippen molar-refractivity contribution >= 4 is 11.6 Å². The molecule has 7 heteroatoms. The number of carbonyl (C=O) groups excluding carboxylic acids is 1. The smallest absolute Gasteiger partial charge is 0.295 e. The SMILES string of the molecule is COc1ccc([C@@H](O)Cn2cnc(C(=O)Nc3cccc(C)c3)n2)cc1. The minimum atomic E-state index is -0.768. The van der Waals surface area contributed by atoms with E-state index in [1.54, 1.807) is 37.4 Å². The van der Waals surface area contributed by atoms with Gasteiger partial charge in [0.1, 0.15) is 12.1 Å². The van der Waals surface area contributed by atoms with Gasteiger partial charge < -0.3 is 15.2 Å². The Balaban J connectivity index is 1.64. The molecule has 0 aliphatic heterocycles. The summed E-state index contributed by atoms with van der Waals surface area (Å²) >= 11 is 0. The van der Waals surface area contributed by atoms with Gasteiger partial charge in [0.05, 0.1) is 19.8 Å². The Bertz CT molecular complexity index is 890. The van der Waals surface area contributed by atoms with Crippen LogP contribution in [0.3, 0.4) is 0 Å². The Morgan fingerprint density at radius 3 is 2.73 bits per heavy atom. The summed E-state index contributed by atoms with van der Waals surface area (Å²) in [6.45, 7) is 2.14. The number of aliphatic hydroxyl groups is 1. The molecule has 7 nitrogen and oxygen atoms in total. The van der Waals surface area contributed by atoms with Crippen molar-refractivity contribution in [2.75, 3.05) is 12.4 Å². The van der Waals surface area contributed by atoms with Gasteiger partial charge in [-0.1, -0.05) is 24.3 Å². The molecule has 3 aromatic rings. The third-order valence-corrected chi connectivity index (χ3v) is 3.88. The van der Waals surface area contributed by atoms with Crippen LogP contribution in [0.5, 0.6) is 5.75 Å². The molecular weight excluding hydrogens is 332 g/mol. The van der Waals surface area contributed by atoms with Gasteiger partial charge in [-0.05, 0) is 42.3 Å². The summed E-state index contributed by atoms with van der Waals surface area (Å²) in [7, 11) is 1.59. The maximum absolute atomic E-state index is 12.2. The van der Waals surface area contributed by atoms with Crippen molar-refractivity contribution in [1.82, 2.24) is 14.8 Å². The third-order valence-electron chi connectivity index (χ3n) is 3.88. The fourth-order valence-corrected chi connectivity index (χ4v) is 2.51. The molecule has 0 unspecified atom stereocenters. The molecule has 0 saturated carbocycles. The number of benzene rings is 2. The Kier molecular flexibility index (Phi) is 5.28. The van der Waals surface area contributed by atoms with Crippen molar-refractivity contribution in [1.29, 1.82) is 0 Å². The van der Waals surface area contributed by atoms with Gasteiger partial charge in [0, 0.05) is 5.69 Å². The van der Waals surface area contributed by atoms with E-state index >= 15 is 0 Å². The number of hydrogen-bond acceptors (Lipinski definition) is 5. The summed E-state index contributed by atoms with van der Waals surface area (Å²) < 4.78 is 6.54. The first-order chi connectivity index (χ1) is 12.5. The molecule has 2 aromatic carbocycles. The van der Waals surface area contributed by atoms with Gasteiger partial charge in [-0.3, -0.25) is 4.79 Å². The maximum atomic E-state index is 12.2. The molecule has 3 rings (SSSR count). The molecule has 1 aromatic heterocycles. The zero-order valence-corrected chi connectivity index (χ0v) is 14.6. The van der Waals surface area contributed by atoms with Crippen LogP contribution in [0.2, 0.25) is 0 Å². The Morgan fingerprint density at radius 2 is 2.04 bits per heavy atom. The second kappa shape index (κ2) is 7.79. The standard InChI is InChI=1S/C19H20N4O3/c1-13-4-3-5-15(10-13)21-19(25)18-20-12-23(22-18)11-17(24)14-6-8-16(26-2)9-7-14/h3-10,12,17,24H,11H2,1-2H3,(H,21,25)/t17-/m0/s1. The largest absolute Gasteiger partial charge is 0.497 e. The number of rotatable bonds is 6. The van der Waals surface area contributed by atoms with Crippen LogP contribution in [0.4, 0.5) is 5.69 Å². The monoisotopic (exact) mass is 352 g/mol. The zero-order chi connectivity index (χ0) is 18.5. The fraction of sp³-hybridized carbons (Fsp3) is 0.211. The van der Waals surface area contributed by atoms with E-state index in [1.807, 2.05) is 25.1 Å². The summed E-state index contributed by atoms with van der Waals surface area (Å²) in [4.78, 5) is 16.3. The average molecular weight is 352 g/mol. The molecule has 134 valence electrons. The number of aromatic nitrogens is 3. The molecule has 0 aliphatic carbocycles.